The SMILES string of the molecule is O=C(Nc1ccc(F)cc1)N(Cc1ccc(O)cc1)Cc1ccco1. The molecule has 0 aliphatic heterocycles. The molecule has 2 N–H and O–H groups in total. The van der Waals surface area contributed by atoms with Crippen molar-refractivity contribution in [2.75, 3.05) is 5.32 Å². The van der Waals surface area contributed by atoms with E-state index in [0.717, 1.165) is 5.56 Å². The summed E-state index contributed by atoms with van der Waals surface area (Å²) in [5.74, 6) is 0.444. The molecule has 0 atom stereocenters. The first-order chi connectivity index (χ1) is 12.1. The second kappa shape index (κ2) is 7.53. The maximum atomic E-state index is 13.0. The highest BCUT2D eigenvalue weighted by molar-refractivity contribution is 5.89. The molecule has 0 fully saturated rings. The number of aromatic hydroxyl groups is 1. The van der Waals surface area contributed by atoms with Crippen molar-refractivity contribution in [3.63, 3.8) is 0 Å². The molecule has 128 valence electrons. The Kier molecular flexibility index (Phi) is 4.99. The van der Waals surface area contributed by atoms with Crippen LogP contribution in [-0.4, -0.2) is 16.0 Å². The Hall–Kier alpha value is -3.28. The molecule has 0 unspecified atom stereocenters. The summed E-state index contributed by atoms with van der Waals surface area (Å²) in [5.41, 5.74) is 1.36. The number of furan rings is 1. The monoisotopic (exact) mass is 340 g/mol. The minimum atomic E-state index is -0.366. The molecule has 2 amide bonds. The first kappa shape index (κ1) is 16.6. The third-order valence-electron chi connectivity index (χ3n) is 3.62. The van der Waals surface area contributed by atoms with E-state index in [0.29, 0.717) is 18.0 Å². The quantitative estimate of drug-likeness (QED) is 0.725. The Morgan fingerprint density at radius 2 is 1.76 bits per heavy atom. The Morgan fingerprint density at radius 3 is 2.40 bits per heavy atom. The summed E-state index contributed by atoms with van der Waals surface area (Å²) in [7, 11) is 0. The molecule has 0 aliphatic rings. The van der Waals surface area contributed by atoms with E-state index in [-0.39, 0.29) is 24.1 Å². The number of rotatable bonds is 5. The third kappa shape index (κ3) is 4.60. The van der Waals surface area contributed by atoms with Gasteiger partial charge in [-0.3, -0.25) is 0 Å². The molecular weight excluding hydrogens is 323 g/mol. The third-order valence-corrected chi connectivity index (χ3v) is 3.62. The lowest BCUT2D eigenvalue weighted by Crippen LogP contribution is -2.33. The van der Waals surface area contributed by atoms with Crippen molar-refractivity contribution < 1.29 is 18.7 Å². The van der Waals surface area contributed by atoms with E-state index in [2.05, 4.69) is 5.32 Å². The fourth-order valence-electron chi connectivity index (χ4n) is 2.35. The lowest BCUT2D eigenvalue weighted by atomic mass is 10.2. The standard InChI is InChI=1S/C19H17FN2O3/c20-15-5-7-16(8-6-15)21-19(24)22(13-18-2-1-11-25-18)12-14-3-9-17(23)10-4-14/h1-11,23H,12-13H2,(H,21,24). The van der Waals surface area contributed by atoms with E-state index in [1.807, 2.05) is 0 Å². The molecule has 3 aromatic rings. The van der Waals surface area contributed by atoms with E-state index in [1.165, 1.54) is 24.3 Å². The average Bonchev–Trinajstić information content (AvgIpc) is 3.11. The molecule has 0 bridgehead atoms. The second-order valence-electron chi connectivity index (χ2n) is 5.54. The van der Waals surface area contributed by atoms with Gasteiger partial charge in [0.25, 0.3) is 0 Å². The minimum absolute atomic E-state index is 0.164. The van der Waals surface area contributed by atoms with Gasteiger partial charge < -0.3 is 19.7 Å². The van der Waals surface area contributed by atoms with Gasteiger partial charge in [0.05, 0.1) is 12.8 Å². The molecular formula is C19H17FN2O3. The molecule has 6 heteroatoms. The van der Waals surface area contributed by atoms with E-state index in [9.17, 15) is 14.3 Å². The number of carbonyl (C=O) groups is 1. The molecule has 0 aliphatic carbocycles. The molecule has 0 radical (unpaired) electrons. The number of halogens is 1. The molecule has 0 saturated heterocycles. The van der Waals surface area contributed by atoms with Crippen molar-refractivity contribution in [1.29, 1.82) is 0 Å². The molecule has 0 saturated carbocycles. The highest BCUT2D eigenvalue weighted by atomic mass is 19.1. The number of benzene rings is 2. The van der Waals surface area contributed by atoms with Crippen molar-refractivity contribution >= 4 is 11.7 Å². The van der Waals surface area contributed by atoms with E-state index in [4.69, 9.17) is 4.42 Å². The van der Waals surface area contributed by atoms with Crippen LogP contribution in [-0.2, 0) is 13.1 Å². The van der Waals surface area contributed by atoms with E-state index >= 15 is 0 Å². The van der Waals surface area contributed by atoms with E-state index in [1.54, 1.807) is 47.6 Å². The molecule has 1 heterocycles. The van der Waals surface area contributed by atoms with Crippen LogP contribution < -0.4 is 5.32 Å². The first-order valence-electron chi connectivity index (χ1n) is 7.72. The summed E-state index contributed by atoms with van der Waals surface area (Å²) in [5, 5.41) is 12.1. The van der Waals surface area contributed by atoms with Crippen LogP contribution >= 0.6 is 0 Å². The second-order valence-corrected chi connectivity index (χ2v) is 5.54. The summed E-state index contributed by atoms with van der Waals surface area (Å²) in [6, 6.07) is 15.4. The van der Waals surface area contributed by atoms with Crippen LogP contribution in [0.25, 0.3) is 0 Å². The number of nitrogens with one attached hydrogen (secondary N) is 1. The highest BCUT2D eigenvalue weighted by Crippen LogP contribution is 2.16. The summed E-state index contributed by atoms with van der Waals surface area (Å²) < 4.78 is 18.3. The Balaban J connectivity index is 1.75. The number of amides is 2. The topological polar surface area (TPSA) is 65.7 Å². The minimum Gasteiger partial charge on any atom is -0.508 e. The van der Waals surface area contributed by atoms with Gasteiger partial charge in [-0.05, 0) is 54.1 Å². The lowest BCUT2D eigenvalue weighted by Gasteiger charge is -2.22. The number of hydrogen-bond donors (Lipinski definition) is 2. The highest BCUT2D eigenvalue weighted by Gasteiger charge is 2.16. The van der Waals surface area contributed by atoms with Crippen LogP contribution in [0.4, 0.5) is 14.9 Å². The van der Waals surface area contributed by atoms with Gasteiger partial charge in [-0.2, -0.15) is 0 Å². The van der Waals surface area contributed by atoms with Crippen molar-refractivity contribution in [3.8, 4) is 5.75 Å². The predicted octanol–water partition coefficient (Wildman–Crippen LogP) is 4.36. The maximum absolute atomic E-state index is 13.0. The van der Waals surface area contributed by atoms with Gasteiger partial charge in [0, 0.05) is 12.2 Å². The molecule has 25 heavy (non-hydrogen) atoms. The fourth-order valence-corrected chi connectivity index (χ4v) is 2.35. The van der Waals surface area contributed by atoms with Gasteiger partial charge in [0.1, 0.15) is 17.3 Å². The predicted molar refractivity (Wildman–Crippen MR) is 91.5 cm³/mol. The van der Waals surface area contributed by atoms with Gasteiger partial charge >= 0.3 is 6.03 Å². The summed E-state index contributed by atoms with van der Waals surface area (Å²) in [6.07, 6.45) is 1.55. The maximum Gasteiger partial charge on any atom is 0.322 e. The summed E-state index contributed by atoms with van der Waals surface area (Å²) >= 11 is 0. The number of hydrogen-bond acceptors (Lipinski definition) is 3. The lowest BCUT2D eigenvalue weighted by molar-refractivity contribution is 0.201. The first-order valence-corrected chi connectivity index (χ1v) is 7.72. The van der Waals surface area contributed by atoms with Gasteiger partial charge in [0.2, 0.25) is 0 Å². The molecule has 2 aromatic carbocycles. The Labute approximate surface area is 144 Å². The van der Waals surface area contributed by atoms with Crippen molar-refractivity contribution in [2.24, 2.45) is 0 Å². The largest absolute Gasteiger partial charge is 0.508 e. The number of phenolic OH excluding ortho intramolecular Hbond substituents is 1. The molecule has 5 nitrogen and oxygen atoms in total. The summed E-state index contributed by atoms with van der Waals surface area (Å²) in [4.78, 5) is 14.2. The normalized spacial score (nSPS) is 10.4. The fraction of sp³-hybridized carbons (Fsp3) is 0.105. The van der Waals surface area contributed by atoms with Crippen molar-refractivity contribution in [2.45, 2.75) is 13.1 Å². The van der Waals surface area contributed by atoms with Gasteiger partial charge in [0.15, 0.2) is 0 Å². The Bertz CT molecular complexity index is 815. The van der Waals surface area contributed by atoms with Crippen molar-refractivity contribution in [3.05, 3.63) is 84.1 Å². The number of urea groups is 1. The molecule has 0 spiro atoms. The van der Waals surface area contributed by atoms with Crippen LogP contribution in [0.5, 0.6) is 5.75 Å². The van der Waals surface area contributed by atoms with Crippen LogP contribution in [0.3, 0.4) is 0 Å². The van der Waals surface area contributed by atoms with Crippen LogP contribution in [0, 0.1) is 5.82 Å². The zero-order chi connectivity index (χ0) is 17.6. The average molecular weight is 340 g/mol. The van der Waals surface area contributed by atoms with Gasteiger partial charge in [-0.1, -0.05) is 12.1 Å². The van der Waals surface area contributed by atoms with Crippen LogP contribution in [0.15, 0.2) is 71.3 Å². The van der Waals surface area contributed by atoms with Gasteiger partial charge in [-0.15, -0.1) is 0 Å². The van der Waals surface area contributed by atoms with Crippen LogP contribution in [0.2, 0.25) is 0 Å². The van der Waals surface area contributed by atoms with Crippen molar-refractivity contribution in [1.82, 2.24) is 4.90 Å². The zero-order valence-corrected chi connectivity index (χ0v) is 13.4. The number of carbonyl (C=O) groups excluding carboxylic acids is 1. The molecule has 1 aromatic heterocycles. The van der Waals surface area contributed by atoms with Gasteiger partial charge in [-0.25, -0.2) is 9.18 Å². The summed E-state index contributed by atoms with van der Waals surface area (Å²) in [6.45, 7) is 0.606. The van der Waals surface area contributed by atoms with Crippen LogP contribution in [0.1, 0.15) is 11.3 Å². The number of anilines is 1. The Morgan fingerprint density at radius 1 is 1.04 bits per heavy atom. The zero-order valence-electron chi connectivity index (χ0n) is 13.4. The number of phenols is 1. The smallest absolute Gasteiger partial charge is 0.322 e. The van der Waals surface area contributed by atoms with E-state index < -0.39 is 0 Å². The number of nitrogens with zero attached hydrogens (tertiary/aromatic N) is 1. The molecule has 3 rings (SSSR count).